The van der Waals surface area contributed by atoms with Crippen molar-refractivity contribution >= 4 is 29.9 Å². The second-order valence-electron chi connectivity index (χ2n) is 7.15. The van der Waals surface area contributed by atoms with Gasteiger partial charge in [-0.2, -0.15) is 0 Å². The zero-order chi connectivity index (χ0) is 17.0. The van der Waals surface area contributed by atoms with Crippen molar-refractivity contribution in [1.82, 2.24) is 10.2 Å². The zero-order valence-corrected chi connectivity index (χ0v) is 17.3. The summed E-state index contributed by atoms with van der Waals surface area (Å²) in [6.07, 6.45) is 5.90. The number of aliphatic imine (C=N–C) groups is 1. The van der Waals surface area contributed by atoms with E-state index in [4.69, 9.17) is 5.73 Å². The van der Waals surface area contributed by atoms with E-state index in [0.717, 1.165) is 25.9 Å². The first-order valence-corrected chi connectivity index (χ1v) is 9.17. The van der Waals surface area contributed by atoms with Crippen LogP contribution in [-0.4, -0.2) is 43.1 Å². The van der Waals surface area contributed by atoms with Crippen LogP contribution in [0, 0.1) is 5.82 Å². The van der Waals surface area contributed by atoms with Gasteiger partial charge in [0, 0.05) is 18.0 Å². The highest BCUT2D eigenvalue weighted by Gasteiger charge is 2.38. The summed E-state index contributed by atoms with van der Waals surface area (Å²) >= 11 is 0. The Balaban J connectivity index is 0.00000225. The van der Waals surface area contributed by atoms with Crippen molar-refractivity contribution in [3.8, 4) is 0 Å². The number of guanidine groups is 1. The number of hydrogen-bond donors (Lipinski definition) is 2. The van der Waals surface area contributed by atoms with E-state index in [2.05, 4.69) is 22.1 Å². The summed E-state index contributed by atoms with van der Waals surface area (Å²) in [6.45, 7) is 6.04. The Bertz CT molecular complexity index is 571. The van der Waals surface area contributed by atoms with Gasteiger partial charge in [0.05, 0.1) is 6.54 Å². The van der Waals surface area contributed by atoms with E-state index in [1.807, 2.05) is 12.1 Å². The standard InChI is InChI=1S/C19H29FN4.HI/c1-2-24-12-3-5-17(24)13-22-18(21)23-14-19(10-4-11-19)15-6-8-16(20)9-7-15;/h6-9,17H,2-5,10-14H2,1H3,(H3,21,22,23);1H. The van der Waals surface area contributed by atoms with Gasteiger partial charge in [-0.3, -0.25) is 9.89 Å². The van der Waals surface area contributed by atoms with Crippen molar-refractivity contribution in [2.75, 3.05) is 26.2 Å². The van der Waals surface area contributed by atoms with Crippen LogP contribution in [0.3, 0.4) is 0 Å². The predicted octanol–water partition coefficient (Wildman–Crippen LogP) is 3.25. The smallest absolute Gasteiger partial charge is 0.188 e. The SMILES string of the molecule is CCN1CCCC1CNC(N)=NCC1(c2ccc(F)cc2)CCC1.I. The fraction of sp³-hybridized carbons (Fsp3) is 0.632. The van der Waals surface area contributed by atoms with Gasteiger partial charge in [-0.15, -0.1) is 24.0 Å². The molecule has 1 unspecified atom stereocenters. The molecule has 2 fully saturated rings. The van der Waals surface area contributed by atoms with Crippen molar-refractivity contribution in [1.29, 1.82) is 0 Å². The lowest BCUT2D eigenvalue weighted by molar-refractivity contribution is 0.252. The molecule has 6 heteroatoms. The Labute approximate surface area is 167 Å². The molecule has 1 atom stereocenters. The number of likely N-dealkylation sites (tertiary alicyclic amines) is 1. The molecule has 1 heterocycles. The Morgan fingerprint density at radius 1 is 1.32 bits per heavy atom. The summed E-state index contributed by atoms with van der Waals surface area (Å²) in [6, 6.07) is 7.44. The minimum absolute atomic E-state index is 0. The van der Waals surface area contributed by atoms with Gasteiger partial charge >= 0.3 is 0 Å². The van der Waals surface area contributed by atoms with E-state index in [-0.39, 0.29) is 35.2 Å². The Morgan fingerprint density at radius 2 is 2.04 bits per heavy atom. The molecule has 0 aromatic heterocycles. The van der Waals surface area contributed by atoms with Gasteiger partial charge in [0.2, 0.25) is 0 Å². The number of nitrogens with zero attached hydrogens (tertiary/aromatic N) is 2. The fourth-order valence-electron chi connectivity index (χ4n) is 4.00. The van der Waals surface area contributed by atoms with Crippen molar-refractivity contribution in [2.45, 2.75) is 50.5 Å². The van der Waals surface area contributed by atoms with E-state index < -0.39 is 0 Å². The third-order valence-electron chi connectivity index (χ3n) is 5.74. The molecule has 1 saturated heterocycles. The first kappa shape index (κ1) is 20.4. The van der Waals surface area contributed by atoms with Crippen LogP contribution >= 0.6 is 24.0 Å². The van der Waals surface area contributed by atoms with Crippen molar-refractivity contribution in [2.24, 2.45) is 10.7 Å². The molecule has 140 valence electrons. The average Bonchev–Trinajstić information content (AvgIpc) is 3.01. The number of likely N-dealkylation sites (N-methyl/N-ethyl adjacent to an activating group) is 1. The molecule has 0 bridgehead atoms. The minimum atomic E-state index is -0.185. The van der Waals surface area contributed by atoms with E-state index in [9.17, 15) is 4.39 Å². The van der Waals surface area contributed by atoms with Gasteiger partial charge in [0.1, 0.15) is 5.82 Å². The zero-order valence-electron chi connectivity index (χ0n) is 15.0. The first-order chi connectivity index (χ1) is 11.6. The second kappa shape index (κ2) is 9.16. The van der Waals surface area contributed by atoms with E-state index in [1.54, 1.807) is 12.1 Å². The van der Waals surface area contributed by atoms with Crippen LogP contribution in [0.5, 0.6) is 0 Å². The van der Waals surface area contributed by atoms with Crippen LogP contribution < -0.4 is 11.1 Å². The largest absolute Gasteiger partial charge is 0.370 e. The highest BCUT2D eigenvalue weighted by molar-refractivity contribution is 14.0. The number of benzene rings is 1. The molecule has 0 amide bonds. The van der Waals surface area contributed by atoms with Gasteiger partial charge in [0.25, 0.3) is 0 Å². The summed E-state index contributed by atoms with van der Waals surface area (Å²) in [5.74, 6) is 0.348. The summed E-state index contributed by atoms with van der Waals surface area (Å²) in [5, 5.41) is 3.30. The van der Waals surface area contributed by atoms with E-state index in [1.165, 1.54) is 31.4 Å². The molecule has 1 saturated carbocycles. The summed E-state index contributed by atoms with van der Waals surface area (Å²) in [7, 11) is 0. The van der Waals surface area contributed by atoms with Gasteiger partial charge in [-0.1, -0.05) is 25.5 Å². The maximum Gasteiger partial charge on any atom is 0.188 e. The van der Waals surface area contributed by atoms with Crippen LogP contribution in [0.4, 0.5) is 4.39 Å². The summed E-state index contributed by atoms with van der Waals surface area (Å²) in [5.41, 5.74) is 7.31. The number of rotatable bonds is 6. The molecule has 0 radical (unpaired) electrons. The third kappa shape index (κ3) is 4.84. The van der Waals surface area contributed by atoms with Crippen molar-refractivity contribution < 1.29 is 4.39 Å². The van der Waals surface area contributed by atoms with Gasteiger partial charge in [0.15, 0.2) is 5.96 Å². The Hall–Kier alpha value is -0.890. The summed E-state index contributed by atoms with van der Waals surface area (Å²) < 4.78 is 13.2. The van der Waals surface area contributed by atoms with E-state index >= 15 is 0 Å². The molecular formula is C19H30FIN4. The van der Waals surface area contributed by atoms with Gasteiger partial charge in [-0.05, 0) is 56.5 Å². The lowest BCUT2D eigenvalue weighted by Gasteiger charge is -2.41. The lowest BCUT2D eigenvalue weighted by Crippen LogP contribution is -2.44. The Kier molecular flexibility index (Phi) is 7.49. The topological polar surface area (TPSA) is 53.6 Å². The van der Waals surface area contributed by atoms with Crippen molar-refractivity contribution in [3.63, 3.8) is 0 Å². The maximum absolute atomic E-state index is 13.2. The normalized spacial score (nSPS) is 23.0. The van der Waals surface area contributed by atoms with Crippen LogP contribution in [0.2, 0.25) is 0 Å². The average molecular weight is 460 g/mol. The molecule has 1 aliphatic carbocycles. The first-order valence-electron chi connectivity index (χ1n) is 9.17. The van der Waals surface area contributed by atoms with Crippen LogP contribution in [0.1, 0.15) is 44.6 Å². The van der Waals surface area contributed by atoms with Crippen LogP contribution in [0.25, 0.3) is 0 Å². The molecule has 4 nitrogen and oxygen atoms in total. The highest BCUT2D eigenvalue weighted by atomic mass is 127. The maximum atomic E-state index is 13.2. The summed E-state index contributed by atoms with van der Waals surface area (Å²) in [4.78, 5) is 7.09. The molecule has 1 aromatic rings. The molecule has 3 N–H and O–H groups in total. The minimum Gasteiger partial charge on any atom is -0.370 e. The second-order valence-corrected chi connectivity index (χ2v) is 7.15. The number of halogens is 2. The van der Waals surface area contributed by atoms with Gasteiger partial charge in [-0.25, -0.2) is 4.39 Å². The number of hydrogen-bond acceptors (Lipinski definition) is 2. The molecule has 25 heavy (non-hydrogen) atoms. The molecule has 3 rings (SSSR count). The van der Waals surface area contributed by atoms with Crippen LogP contribution in [0.15, 0.2) is 29.3 Å². The fourth-order valence-corrected chi connectivity index (χ4v) is 4.00. The molecule has 1 aromatic carbocycles. The van der Waals surface area contributed by atoms with Crippen molar-refractivity contribution in [3.05, 3.63) is 35.6 Å². The quantitative estimate of drug-likeness (QED) is 0.390. The lowest BCUT2D eigenvalue weighted by atomic mass is 9.64. The number of nitrogens with two attached hydrogens (primary N) is 1. The molecular weight excluding hydrogens is 430 g/mol. The predicted molar refractivity (Wildman–Crippen MR) is 112 cm³/mol. The molecule has 2 aliphatic rings. The molecule has 1 aliphatic heterocycles. The third-order valence-corrected chi connectivity index (χ3v) is 5.74. The monoisotopic (exact) mass is 460 g/mol. The Morgan fingerprint density at radius 3 is 2.64 bits per heavy atom. The molecule has 0 spiro atoms. The van der Waals surface area contributed by atoms with Crippen LogP contribution in [-0.2, 0) is 5.41 Å². The number of nitrogens with one attached hydrogen (secondary N) is 1. The van der Waals surface area contributed by atoms with Gasteiger partial charge < -0.3 is 11.1 Å². The highest BCUT2D eigenvalue weighted by Crippen LogP contribution is 2.43. The van der Waals surface area contributed by atoms with E-state index in [0.29, 0.717) is 18.5 Å².